The molecule has 6 nitrogen and oxygen atoms in total. The highest BCUT2D eigenvalue weighted by Gasteiger charge is 2.09. The van der Waals surface area contributed by atoms with Gasteiger partial charge in [-0.2, -0.15) is 0 Å². The van der Waals surface area contributed by atoms with E-state index in [0.717, 1.165) is 0 Å². The minimum atomic E-state index is -1.95. The van der Waals surface area contributed by atoms with Gasteiger partial charge in [-0.05, 0) is 0 Å². The molecule has 122 valence electrons. The molecule has 0 heterocycles. The lowest BCUT2D eigenvalue weighted by Gasteiger charge is -2.03. The van der Waals surface area contributed by atoms with Crippen molar-refractivity contribution < 1.29 is 26.6 Å². The van der Waals surface area contributed by atoms with Crippen LogP contribution in [0, 0.1) is 33.3 Å². The Morgan fingerprint density at radius 1 is 0.409 bits per heavy atom. The van der Waals surface area contributed by atoms with E-state index in [1.165, 1.54) is 0 Å². The fraction of sp³-hybridized carbons (Fsp3) is 0.500. The summed E-state index contributed by atoms with van der Waals surface area (Å²) in [6.45, 7) is 0. The van der Waals surface area contributed by atoms with Gasteiger partial charge in [0.05, 0.1) is 0 Å². The van der Waals surface area contributed by atoms with Crippen molar-refractivity contribution in [1.82, 2.24) is 0 Å². The maximum Gasteiger partial charge on any atom is 0.406 e. The topological polar surface area (TPSA) is 55.4 Å². The normalized spacial score (nSPS) is 10.1. The summed E-state index contributed by atoms with van der Waals surface area (Å²) in [5.74, 6) is 0. The second kappa shape index (κ2) is 13.9. The van der Waals surface area contributed by atoms with Gasteiger partial charge in [0.25, 0.3) is 8.80 Å². The van der Waals surface area contributed by atoms with Gasteiger partial charge >= 0.3 is 27.9 Å². The molecule has 0 spiro atoms. The first-order chi connectivity index (χ1) is 10.6. The molecule has 0 fully saturated rings. The zero-order valence-electron chi connectivity index (χ0n) is 13.8. The second-order valence-electron chi connectivity index (χ2n) is 3.71. The molecule has 0 radical (unpaired) electrons. The zero-order chi connectivity index (χ0) is 16.8. The van der Waals surface area contributed by atoms with E-state index in [1.54, 1.807) is 42.7 Å². The predicted molar refractivity (Wildman–Crippen MR) is 94.0 cm³/mol. The fourth-order valence-electron chi connectivity index (χ4n) is 1.20. The van der Waals surface area contributed by atoms with Gasteiger partial charge in [-0.25, -0.2) is 0 Å². The highest BCUT2D eigenvalue weighted by molar-refractivity contribution is 6.85. The van der Waals surface area contributed by atoms with E-state index in [9.17, 15) is 0 Å². The van der Waals surface area contributed by atoms with Crippen LogP contribution >= 0.6 is 0 Å². The largest absolute Gasteiger partial charge is 0.406 e. The molecule has 0 N–H and O–H groups in total. The molecule has 0 amide bonds. The molecular formula is C12H22O6Si4. The molecule has 0 atom stereocenters. The Hall–Kier alpha value is -0.692. The van der Waals surface area contributed by atoms with Crippen molar-refractivity contribution >= 4 is 36.6 Å². The Kier molecular flexibility index (Phi) is 13.5. The molecule has 0 aromatic heterocycles. The molecule has 0 rings (SSSR count). The standard InChI is InChI=1S/C12H22O6Si4/c1-13-20(14-2)10-7-19(8-11-21(15-3)16-4)9-12-22(17-5)18-6/h19-22H,1-6H3. The minimum absolute atomic E-state index is 1.58. The van der Waals surface area contributed by atoms with Gasteiger partial charge in [-0.3, -0.25) is 0 Å². The maximum atomic E-state index is 5.17. The van der Waals surface area contributed by atoms with Gasteiger partial charge in [-0.1, -0.05) is 16.6 Å². The highest BCUT2D eigenvalue weighted by Crippen LogP contribution is 1.87. The third kappa shape index (κ3) is 9.35. The highest BCUT2D eigenvalue weighted by atomic mass is 28.3. The Labute approximate surface area is 139 Å². The SMILES string of the molecule is CO[SiH](C#C[SiH](C#C[SiH](OC)OC)C#C[SiH](OC)OC)OC. The summed E-state index contributed by atoms with van der Waals surface area (Å²) in [6.07, 6.45) is 0. The summed E-state index contributed by atoms with van der Waals surface area (Å²) in [5, 5.41) is 0. The molecule has 0 aromatic rings. The Morgan fingerprint density at radius 3 is 0.818 bits per heavy atom. The van der Waals surface area contributed by atoms with Crippen LogP contribution in [0.3, 0.4) is 0 Å². The van der Waals surface area contributed by atoms with Gasteiger partial charge in [0.15, 0.2) is 0 Å². The van der Waals surface area contributed by atoms with Crippen LogP contribution in [-0.4, -0.2) is 79.3 Å². The van der Waals surface area contributed by atoms with Crippen LogP contribution < -0.4 is 0 Å². The summed E-state index contributed by atoms with van der Waals surface area (Å²) >= 11 is 0. The predicted octanol–water partition coefficient (Wildman–Crippen LogP) is -2.00. The van der Waals surface area contributed by atoms with Crippen molar-refractivity contribution in [3.8, 4) is 33.3 Å². The maximum absolute atomic E-state index is 5.17. The average Bonchev–Trinajstić information content (AvgIpc) is 2.56. The van der Waals surface area contributed by atoms with Crippen molar-refractivity contribution in [3.63, 3.8) is 0 Å². The molecule has 0 aliphatic rings. The average molecular weight is 375 g/mol. The fourth-order valence-corrected chi connectivity index (χ4v) is 6.34. The van der Waals surface area contributed by atoms with Crippen molar-refractivity contribution in [2.45, 2.75) is 0 Å². The number of hydrogen-bond acceptors (Lipinski definition) is 6. The molecule has 10 heteroatoms. The number of rotatable bonds is 6. The van der Waals surface area contributed by atoms with E-state index in [2.05, 4.69) is 33.3 Å². The van der Waals surface area contributed by atoms with Crippen LogP contribution in [0.25, 0.3) is 0 Å². The van der Waals surface area contributed by atoms with Gasteiger partial charge in [-0.15, -0.1) is 16.6 Å². The third-order valence-corrected chi connectivity index (χ3v) is 8.46. The van der Waals surface area contributed by atoms with Crippen molar-refractivity contribution in [2.24, 2.45) is 0 Å². The van der Waals surface area contributed by atoms with Crippen LogP contribution in [0.15, 0.2) is 0 Å². The van der Waals surface area contributed by atoms with E-state index < -0.39 is 36.6 Å². The summed E-state index contributed by atoms with van der Waals surface area (Å²) in [5.41, 5.74) is 18.3. The lowest BCUT2D eigenvalue weighted by atomic mass is 11.3. The second-order valence-corrected chi connectivity index (χ2v) is 11.1. The van der Waals surface area contributed by atoms with Gasteiger partial charge < -0.3 is 26.6 Å². The molecule has 0 aromatic carbocycles. The molecule has 0 saturated heterocycles. The summed E-state index contributed by atoms with van der Waals surface area (Å²) in [7, 11) is 1.74. The minimum Gasteiger partial charge on any atom is -0.391 e. The van der Waals surface area contributed by atoms with E-state index in [-0.39, 0.29) is 0 Å². The Bertz CT molecular complexity index is 400. The monoisotopic (exact) mass is 374 g/mol. The smallest absolute Gasteiger partial charge is 0.391 e. The van der Waals surface area contributed by atoms with Gasteiger partial charge in [0, 0.05) is 42.7 Å². The Morgan fingerprint density at radius 2 is 0.636 bits per heavy atom. The molecule has 0 aliphatic carbocycles. The number of hydrogen-bond donors (Lipinski definition) is 0. The molecule has 0 aliphatic heterocycles. The van der Waals surface area contributed by atoms with Crippen LogP contribution in [0.2, 0.25) is 0 Å². The summed E-state index contributed by atoms with van der Waals surface area (Å²) in [6, 6.07) is 0. The van der Waals surface area contributed by atoms with Crippen LogP contribution in [-0.2, 0) is 26.6 Å². The molecule has 0 saturated carbocycles. The molecular weight excluding hydrogens is 352 g/mol. The van der Waals surface area contributed by atoms with Crippen molar-refractivity contribution in [2.75, 3.05) is 42.7 Å². The summed E-state index contributed by atoms with van der Waals surface area (Å²) < 4.78 is 31.0. The third-order valence-electron chi connectivity index (χ3n) is 2.32. The first-order valence-corrected chi connectivity index (χ1v) is 12.6. The van der Waals surface area contributed by atoms with Gasteiger partial charge in [0.1, 0.15) is 0 Å². The first kappa shape index (κ1) is 21.3. The van der Waals surface area contributed by atoms with Crippen LogP contribution in [0.4, 0.5) is 0 Å². The Balaban J connectivity index is 5.22. The lowest BCUT2D eigenvalue weighted by Crippen LogP contribution is -2.21. The van der Waals surface area contributed by atoms with E-state index in [0.29, 0.717) is 0 Å². The van der Waals surface area contributed by atoms with Crippen LogP contribution in [0.5, 0.6) is 0 Å². The first-order valence-electron chi connectivity index (χ1n) is 6.35. The molecule has 22 heavy (non-hydrogen) atoms. The van der Waals surface area contributed by atoms with E-state index >= 15 is 0 Å². The van der Waals surface area contributed by atoms with Crippen LogP contribution in [0.1, 0.15) is 0 Å². The summed E-state index contributed by atoms with van der Waals surface area (Å²) in [4.78, 5) is 0. The van der Waals surface area contributed by atoms with Gasteiger partial charge in [0.2, 0.25) is 0 Å². The van der Waals surface area contributed by atoms with E-state index in [1.807, 2.05) is 0 Å². The lowest BCUT2D eigenvalue weighted by molar-refractivity contribution is 0.293. The molecule has 0 unspecified atom stereocenters. The van der Waals surface area contributed by atoms with E-state index in [4.69, 9.17) is 26.6 Å². The van der Waals surface area contributed by atoms with Crippen molar-refractivity contribution in [1.29, 1.82) is 0 Å². The zero-order valence-corrected chi connectivity index (χ0v) is 18.4. The van der Waals surface area contributed by atoms with Crippen molar-refractivity contribution in [3.05, 3.63) is 0 Å². The molecule has 0 bridgehead atoms. The quantitative estimate of drug-likeness (QED) is 0.396.